The van der Waals surface area contributed by atoms with Gasteiger partial charge in [0.25, 0.3) is 0 Å². The molecule has 0 saturated carbocycles. The fraction of sp³-hybridized carbons (Fsp3) is 0.393. The van der Waals surface area contributed by atoms with E-state index in [0.717, 1.165) is 41.5 Å². The van der Waals surface area contributed by atoms with Crippen molar-refractivity contribution in [1.82, 2.24) is 10.2 Å². The van der Waals surface area contributed by atoms with Gasteiger partial charge in [0, 0.05) is 12.0 Å². The SMILES string of the molecule is C=CCOC(=O)[C@@H]1CC[C@H]2CCC[C@H](NC(=O)OCC3c4ccccc4-c4ccccc43)C(=O)N21. The first-order valence-electron chi connectivity index (χ1n) is 12.3. The van der Waals surface area contributed by atoms with Crippen LogP contribution in [0.3, 0.4) is 0 Å². The van der Waals surface area contributed by atoms with Crippen LogP contribution in [0.1, 0.15) is 49.1 Å². The predicted octanol–water partition coefficient (Wildman–Crippen LogP) is 4.17. The second-order valence-electron chi connectivity index (χ2n) is 9.36. The van der Waals surface area contributed by atoms with E-state index in [0.29, 0.717) is 12.8 Å². The topological polar surface area (TPSA) is 84.9 Å². The summed E-state index contributed by atoms with van der Waals surface area (Å²) < 4.78 is 10.9. The van der Waals surface area contributed by atoms with Crippen LogP contribution >= 0.6 is 0 Å². The Balaban J connectivity index is 1.24. The average molecular weight is 475 g/mol. The third-order valence-corrected chi connectivity index (χ3v) is 7.34. The van der Waals surface area contributed by atoms with Crippen molar-refractivity contribution in [2.75, 3.05) is 13.2 Å². The van der Waals surface area contributed by atoms with Crippen LogP contribution in [0.5, 0.6) is 0 Å². The van der Waals surface area contributed by atoms with Gasteiger partial charge >= 0.3 is 12.1 Å². The van der Waals surface area contributed by atoms with Crippen LogP contribution in [-0.2, 0) is 19.1 Å². The second kappa shape index (κ2) is 9.94. The van der Waals surface area contributed by atoms with E-state index in [1.807, 2.05) is 24.3 Å². The number of hydrogen-bond acceptors (Lipinski definition) is 5. The maximum Gasteiger partial charge on any atom is 0.407 e. The van der Waals surface area contributed by atoms with Crippen LogP contribution in [0.4, 0.5) is 4.79 Å². The van der Waals surface area contributed by atoms with Crippen molar-refractivity contribution in [3.63, 3.8) is 0 Å². The van der Waals surface area contributed by atoms with Gasteiger partial charge in [-0.1, -0.05) is 61.2 Å². The molecule has 2 amide bonds. The zero-order valence-corrected chi connectivity index (χ0v) is 19.7. The Morgan fingerprint density at radius 1 is 0.971 bits per heavy atom. The summed E-state index contributed by atoms with van der Waals surface area (Å²) in [5.74, 6) is -0.702. The number of amides is 2. The Labute approximate surface area is 205 Å². The fourth-order valence-corrected chi connectivity index (χ4v) is 5.75. The molecule has 0 aromatic heterocycles. The van der Waals surface area contributed by atoms with Gasteiger partial charge in [-0.3, -0.25) is 4.79 Å². The molecule has 1 N–H and O–H groups in total. The summed E-state index contributed by atoms with van der Waals surface area (Å²) in [7, 11) is 0. The van der Waals surface area contributed by atoms with E-state index in [1.54, 1.807) is 4.90 Å². The number of hydrogen-bond donors (Lipinski definition) is 1. The third-order valence-electron chi connectivity index (χ3n) is 7.34. The quantitative estimate of drug-likeness (QED) is 0.502. The number of carbonyl (C=O) groups is 3. The van der Waals surface area contributed by atoms with E-state index in [1.165, 1.54) is 6.08 Å². The number of nitrogens with zero attached hydrogens (tertiary/aromatic N) is 1. The second-order valence-corrected chi connectivity index (χ2v) is 9.36. The van der Waals surface area contributed by atoms with Gasteiger partial charge in [-0.2, -0.15) is 0 Å². The van der Waals surface area contributed by atoms with Crippen LogP contribution in [0.2, 0.25) is 0 Å². The molecular formula is C28H30N2O5. The van der Waals surface area contributed by atoms with E-state index < -0.39 is 24.1 Å². The predicted molar refractivity (Wildman–Crippen MR) is 131 cm³/mol. The zero-order chi connectivity index (χ0) is 24.4. The molecule has 7 heteroatoms. The molecule has 182 valence electrons. The fourth-order valence-electron chi connectivity index (χ4n) is 5.75. The largest absolute Gasteiger partial charge is 0.460 e. The van der Waals surface area contributed by atoms with E-state index in [2.05, 4.69) is 36.2 Å². The smallest absolute Gasteiger partial charge is 0.407 e. The summed E-state index contributed by atoms with van der Waals surface area (Å²) in [6.07, 6.45) is 4.34. The van der Waals surface area contributed by atoms with Crippen LogP contribution in [-0.4, -0.2) is 54.2 Å². The van der Waals surface area contributed by atoms with Gasteiger partial charge in [-0.15, -0.1) is 0 Å². The molecule has 2 aliphatic heterocycles. The van der Waals surface area contributed by atoms with Crippen molar-refractivity contribution in [3.8, 4) is 11.1 Å². The molecule has 7 nitrogen and oxygen atoms in total. The molecule has 0 bridgehead atoms. The highest BCUT2D eigenvalue weighted by molar-refractivity contribution is 5.91. The average Bonchev–Trinajstić information content (AvgIpc) is 3.40. The van der Waals surface area contributed by atoms with Crippen molar-refractivity contribution < 1.29 is 23.9 Å². The van der Waals surface area contributed by atoms with Gasteiger partial charge < -0.3 is 19.7 Å². The minimum absolute atomic E-state index is 0.00177. The molecule has 5 rings (SSSR count). The monoisotopic (exact) mass is 474 g/mol. The normalized spacial score (nSPS) is 23.0. The molecule has 2 heterocycles. The molecule has 0 unspecified atom stereocenters. The van der Waals surface area contributed by atoms with Crippen LogP contribution in [0, 0.1) is 0 Å². The Bertz CT molecular complexity index is 1100. The number of alkyl carbamates (subject to hydrolysis) is 1. The number of rotatable bonds is 6. The lowest BCUT2D eigenvalue weighted by Gasteiger charge is -2.29. The maximum atomic E-state index is 13.4. The van der Waals surface area contributed by atoms with E-state index >= 15 is 0 Å². The first kappa shape index (κ1) is 23.1. The Morgan fingerprint density at radius 3 is 2.34 bits per heavy atom. The molecule has 3 aliphatic rings. The van der Waals surface area contributed by atoms with Gasteiger partial charge in [0.15, 0.2) is 0 Å². The van der Waals surface area contributed by atoms with E-state index in [-0.39, 0.29) is 31.1 Å². The third kappa shape index (κ3) is 4.43. The summed E-state index contributed by atoms with van der Waals surface area (Å²) in [6.45, 7) is 3.87. The van der Waals surface area contributed by atoms with E-state index in [4.69, 9.17) is 9.47 Å². The minimum atomic E-state index is -0.719. The Morgan fingerprint density at radius 2 is 1.66 bits per heavy atom. The lowest BCUT2D eigenvalue weighted by Crippen LogP contribution is -2.53. The highest BCUT2D eigenvalue weighted by Crippen LogP contribution is 2.44. The molecule has 2 fully saturated rings. The van der Waals surface area contributed by atoms with Crippen molar-refractivity contribution >= 4 is 18.0 Å². The van der Waals surface area contributed by atoms with Crippen molar-refractivity contribution in [1.29, 1.82) is 0 Å². The summed E-state index contributed by atoms with van der Waals surface area (Å²) in [6, 6.07) is 15.0. The van der Waals surface area contributed by atoms with Gasteiger partial charge in [0.2, 0.25) is 5.91 Å². The minimum Gasteiger partial charge on any atom is -0.460 e. The van der Waals surface area contributed by atoms with Crippen LogP contribution < -0.4 is 5.32 Å². The van der Waals surface area contributed by atoms with Crippen LogP contribution in [0.15, 0.2) is 61.2 Å². The van der Waals surface area contributed by atoms with Crippen molar-refractivity contribution in [2.45, 2.75) is 56.1 Å². The highest BCUT2D eigenvalue weighted by atomic mass is 16.5. The number of ether oxygens (including phenoxy) is 2. The highest BCUT2D eigenvalue weighted by Gasteiger charge is 2.45. The van der Waals surface area contributed by atoms with Gasteiger partial charge in [0.05, 0.1) is 0 Å². The van der Waals surface area contributed by atoms with Crippen molar-refractivity contribution in [2.24, 2.45) is 0 Å². The molecule has 2 saturated heterocycles. The van der Waals surface area contributed by atoms with Gasteiger partial charge in [-0.05, 0) is 54.4 Å². The van der Waals surface area contributed by atoms with Crippen LogP contribution in [0.25, 0.3) is 11.1 Å². The number of nitrogens with one attached hydrogen (secondary N) is 1. The molecular weight excluding hydrogens is 444 g/mol. The molecule has 1 aliphatic carbocycles. The molecule has 3 atom stereocenters. The summed E-state index contributed by atoms with van der Waals surface area (Å²) in [5.41, 5.74) is 4.58. The molecule has 2 aromatic carbocycles. The van der Waals surface area contributed by atoms with Crippen molar-refractivity contribution in [3.05, 3.63) is 72.3 Å². The number of esters is 1. The molecule has 0 spiro atoms. The molecule has 0 radical (unpaired) electrons. The Hall–Kier alpha value is -3.61. The first-order chi connectivity index (χ1) is 17.1. The summed E-state index contributed by atoms with van der Waals surface area (Å²) >= 11 is 0. The standard InChI is InChI=1S/C28H30N2O5/c1-2-16-34-27(32)25-15-14-18-8-7-13-24(26(31)30(18)25)29-28(33)35-17-23-21-11-5-3-9-19(21)20-10-4-6-12-22(20)23/h2-6,9-12,18,23-25H,1,7-8,13-17H2,(H,29,33)/t18-,24+,25+/m1/s1. The first-order valence-corrected chi connectivity index (χ1v) is 12.3. The molecule has 2 aromatic rings. The van der Waals surface area contributed by atoms with Gasteiger partial charge in [0.1, 0.15) is 25.3 Å². The lowest BCUT2D eigenvalue weighted by atomic mass is 9.98. The number of fused-ring (bicyclic) bond motifs is 4. The summed E-state index contributed by atoms with van der Waals surface area (Å²) in [5, 5.41) is 2.78. The van der Waals surface area contributed by atoms with Gasteiger partial charge in [-0.25, -0.2) is 9.59 Å². The Kier molecular flexibility index (Phi) is 6.57. The summed E-state index contributed by atoms with van der Waals surface area (Å²) in [4.78, 5) is 40.3. The zero-order valence-electron chi connectivity index (χ0n) is 19.7. The maximum absolute atomic E-state index is 13.4. The number of benzene rings is 2. The molecule has 35 heavy (non-hydrogen) atoms. The lowest BCUT2D eigenvalue weighted by molar-refractivity contribution is -0.154. The van der Waals surface area contributed by atoms with E-state index in [9.17, 15) is 14.4 Å². The number of carbonyl (C=O) groups excluding carboxylic acids is 3.